The molecule has 1 aromatic heterocycles. The molecule has 26 heavy (non-hydrogen) atoms. The molecule has 0 saturated heterocycles. The first-order valence-corrected chi connectivity index (χ1v) is 9.89. The predicted octanol–water partition coefficient (Wildman–Crippen LogP) is 5.38. The van der Waals surface area contributed by atoms with E-state index in [-0.39, 0.29) is 11.9 Å². The van der Waals surface area contributed by atoms with E-state index in [2.05, 4.69) is 23.2 Å². The molecule has 1 aliphatic carbocycles. The fourth-order valence-corrected chi connectivity index (χ4v) is 4.82. The van der Waals surface area contributed by atoms with E-state index in [0.29, 0.717) is 5.15 Å². The van der Waals surface area contributed by atoms with Crippen molar-refractivity contribution in [3.05, 3.63) is 70.5 Å². The molecule has 4 rings (SSSR count). The highest BCUT2D eigenvalue weighted by atomic mass is 35.5. The molecule has 1 aliphatic rings. The highest BCUT2D eigenvalue weighted by Gasteiger charge is 2.31. The number of esters is 1. The standard InChI is InChI=1S/C21H18ClNO2S/c1-25-21(24)15-8-7-14-16(15)9-19(17-10-20(22)23-11-18(14)17)26-12-13-5-3-2-4-6-13/h2-6,9-11,15H,7-8,12H2,1H3. The van der Waals surface area contributed by atoms with Gasteiger partial charge in [0, 0.05) is 27.6 Å². The first-order chi connectivity index (χ1) is 12.7. The second-order valence-electron chi connectivity index (χ2n) is 6.38. The maximum atomic E-state index is 12.2. The summed E-state index contributed by atoms with van der Waals surface area (Å²) >= 11 is 7.93. The van der Waals surface area contributed by atoms with Gasteiger partial charge in [-0.2, -0.15) is 0 Å². The zero-order valence-corrected chi connectivity index (χ0v) is 15.9. The Balaban J connectivity index is 1.79. The number of nitrogens with zero attached hydrogens (tertiary/aromatic N) is 1. The Labute approximate surface area is 161 Å². The molecule has 1 unspecified atom stereocenters. The van der Waals surface area contributed by atoms with Crippen molar-refractivity contribution in [2.75, 3.05) is 7.11 Å². The monoisotopic (exact) mass is 383 g/mol. The van der Waals surface area contributed by atoms with Crippen LogP contribution in [0.5, 0.6) is 0 Å². The van der Waals surface area contributed by atoms with Crippen LogP contribution in [-0.2, 0) is 21.7 Å². The van der Waals surface area contributed by atoms with Crippen LogP contribution in [0.15, 0.2) is 53.6 Å². The Morgan fingerprint density at radius 2 is 2.08 bits per heavy atom. The molecule has 3 nitrogen and oxygen atoms in total. The number of aromatic nitrogens is 1. The third-order valence-electron chi connectivity index (χ3n) is 4.88. The normalized spacial score (nSPS) is 15.8. The highest BCUT2D eigenvalue weighted by molar-refractivity contribution is 7.98. The summed E-state index contributed by atoms with van der Waals surface area (Å²) in [4.78, 5) is 17.6. The zero-order chi connectivity index (χ0) is 18.1. The second kappa shape index (κ2) is 7.29. The third-order valence-corrected chi connectivity index (χ3v) is 6.21. The molecule has 2 aromatic carbocycles. The Morgan fingerprint density at radius 3 is 2.85 bits per heavy atom. The van der Waals surface area contributed by atoms with Gasteiger partial charge in [-0.25, -0.2) is 4.98 Å². The number of carbonyl (C=O) groups is 1. The number of ether oxygens (including phenoxy) is 1. The Kier molecular flexibility index (Phi) is 4.88. The summed E-state index contributed by atoms with van der Waals surface area (Å²) in [5, 5.41) is 2.69. The molecule has 0 radical (unpaired) electrons. The van der Waals surface area contributed by atoms with Crippen molar-refractivity contribution >= 4 is 40.1 Å². The molecule has 0 N–H and O–H groups in total. The summed E-state index contributed by atoms with van der Waals surface area (Å²) < 4.78 is 5.01. The van der Waals surface area contributed by atoms with Crippen LogP contribution in [0, 0.1) is 0 Å². The SMILES string of the molecule is COC(=O)C1CCc2c1cc(SCc1ccccc1)c1cc(Cl)ncc21. The molecule has 0 spiro atoms. The van der Waals surface area contributed by atoms with Gasteiger partial charge in [0.25, 0.3) is 0 Å². The number of methoxy groups -OCH3 is 1. The molecule has 0 bridgehead atoms. The Morgan fingerprint density at radius 1 is 1.27 bits per heavy atom. The number of thioether (sulfide) groups is 1. The fourth-order valence-electron chi connectivity index (χ4n) is 3.61. The number of halogens is 1. The lowest BCUT2D eigenvalue weighted by molar-refractivity contribution is -0.142. The molecule has 1 heterocycles. The summed E-state index contributed by atoms with van der Waals surface area (Å²) in [5.74, 6) is 0.507. The van der Waals surface area contributed by atoms with Crippen molar-refractivity contribution in [1.29, 1.82) is 0 Å². The van der Waals surface area contributed by atoms with Gasteiger partial charge in [0.2, 0.25) is 0 Å². The van der Waals surface area contributed by atoms with Gasteiger partial charge in [0.15, 0.2) is 0 Å². The van der Waals surface area contributed by atoms with E-state index in [4.69, 9.17) is 16.3 Å². The minimum atomic E-state index is -0.189. The number of fused-ring (bicyclic) bond motifs is 3. The number of pyridine rings is 1. The predicted molar refractivity (Wildman–Crippen MR) is 106 cm³/mol. The lowest BCUT2D eigenvalue weighted by atomic mass is 9.98. The summed E-state index contributed by atoms with van der Waals surface area (Å²) in [7, 11) is 1.45. The van der Waals surface area contributed by atoms with E-state index in [1.807, 2.05) is 30.5 Å². The van der Waals surface area contributed by atoms with E-state index >= 15 is 0 Å². The maximum Gasteiger partial charge on any atom is 0.313 e. The lowest BCUT2D eigenvalue weighted by Crippen LogP contribution is -2.11. The number of carbonyl (C=O) groups excluding carboxylic acids is 1. The molecular weight excluding hydrogens is 366 g/mol. The van der Waals surface area contributed by atoms with Gasteiger partial charge in [-0.1, -0.05) is 41.9 Å². The number of hydrogen-bond acceptors (Lipinski definition) is 4. The highest BCUT2D eigenvalue weighted by Crippen LogP contribution is 2.43. The zero-order valence-electron chi connectivity index (χ0n) is 14.4. The summed E-state index contributed by atoms with van der Waals surface area (Å²) in [6.45, 7) is 0. The van der Waals surface area contributed by atoms with Crippen molar-refractivity contribution in [2.45, 2.75) is 29.4 Å². The molecule has 132 valence electrons. The average molecular weight is 384 g/mol. The molecule has 0 amide bonds. The van der Waals surface area contributed by atoms with E-state index in [9.17, 15) is 4.79 Å². The first kappa shape index (κ1) is 17.4. The first-order valence-electron chi connectivity index (χ1n) is 8.53. The second-order valence-corrected chi connectivity index (χ2v) is 7.79. The average Bonchev–Trinajstić information content (AvgIpc) is 3.10. The quantitative estimate of drug-likeness (QED) is 0.344. The molecular formula is C21H18ClNO2S. The molecule has 1 atom stereocenters. The molecule has 3 aromatic rings. The summed E-state index contributed by atoms with van der Waals surface area (Å²) in [6, 6.07) is 14.4. The third kappa shape index (κ3) is 3.19. The van der Waals surface area contributed by atoms with Gasteiger partial charge >= 0.3 is 5.97 Å². The minimum Gasteiger partial charge on any atom is -0.469 e. The van der Waals surface area contributed by atoms with Crippen LogP contribution in [0.2, 0.25) is 5.15 Å². The number of aryl methyl sites for hydroxylation is 1. The number of rotatable bonds is 4. The molecule has 0 aliphatic heterocycles. The molecule has 5 heteroatoms. The van der Waals surface area contributed by atoms with Gasteiger partial charge in [0.1, 0.15) is 5.15 Å². The minimum absolute atomic E-state index is 0.163. The summed E-state index contributed by atoms with van der Waals surface area (Å²) in [6.07, 6.45) is 3.48. The van der Waals surface area contributed by atoms with Gasteiger partial charge in [-0.05, 0) is 41.7 Å². The van der Waals surface area contributed by atoms with Crippen LogP contribution in [0.3, 0.4) is 0 Å². The van der Waals surface area contributed by atoms with Crippen molar-refractivity contribution in [3.63, 3.8) is 0 Å². The van der Waals surface area contributed by atoms with E-state index in [0.717, 1.165) is 39.8 Å². The number of benzene rings is 2. The van der Waals surface area contributed by atoms with Gasteiger partial charge in [-0.15, -0.1) is 11.8 Å². The van der Waals surface area contributed by atoms with Crippen LogP contribution >= 0.6 is 23.4 Å². The smallest absolute Gasteiger partial charge is 0.313 e. The Bertz CT molecular complexity index is 975. The van der Waals surface area contributed by atoms with Gasteiger partial charge < -0.3 is 4.74 Å². The van der Waals surface area contributed by atoms with Crippen molar-refractivity contribution < 1.29 is 9.53 Å². The van der Waals surface area contributed by atoms with Crippen LogP contribution in [0.4, 0.5) is 0 Å². The van der Waals surface area contributed by atoms with Crippen molar-refractivity contribution in [1.82, 2.24) is 4.98 Å². The lowest BCUT2D eigenvalue weighted by Gasteiger charge is -2.14. The number of hydrogen-bond donors (Lipinski definition) is 0. The van der Waals surface area contributed by atoms with Crippen LogP contribution in [-0.4, -0.2) is 18.1 Å². The van der Waals surface area contributed by atoms with Crippen molar-refractivity contribution in [3.8, 4) is 0 Å². The maximum absolute atomic E-state index is 12.2. The van der Waals surface area contributed by atoms with Crippen LogP contribution in [0.25, 0.3) is 10.8 Å². The summed E-state index contributed by atoms with van der Waals surface area (Å²) in [5.41, 5.74) is 3.53. The topological polar surface area (TPSA) is 39.2 Å². The van der Waals surface area contributed by atoms with Crippen LogP contribution < -0.4 is 0 Å². The van der Waals surface area contributed by atoms with Crippen LogP contribution in [0.1, 0.15) is 29.0 Å². The largest absolute Gasteiger partial charge is 0.469 e. The van der Waals surface area contributed by atoms with E-state index < -0.39 is 0 Å². The fraction of sp³-hybridized carbons (Fsp3) is 0.238. The molecule has 0 saturated carbocycles. The Hall–Kier alpha value is -2.04. The van der Waals surface area contributed by atoms with Gasteiger partial charge in [-0.3, -0.25) is 4.79 Å². The van der Waals surface area contributed by atoms with E-state index in [1.165, 1.54) is 18.2 Å². The van der Waals surface area contributed by atoms with Crippen molar-refractivity contribution in [2.24, 2.45) is 0 Å². The van der Waals surface area contributed by atoms with Gasteiger partial charge in [0.05, 0.1) is 13.0 Å². The molecule has 0 fully saturated rings. The van der Waals surface area contributed by atoms with E-state index in [1.54, 1.807) is 11.8 Å².